The molecule has 0 aliphatic carbocycles. The molecule has 0 bridgehead atoms. The third-order valence-electron chi connectivity index (χ3n) is 6.15. The van der Waals surface area contributed by atoms with Crippen LogP contribution in [0.25, 0.3) is 22.3 Å². The predicted octanol–water partition coefficient (Wildman–Crippen LogP) is 6.54. The number of carboxylic acid groups (broad SMARTS) is 1. The minimum atomic E-state index is -0.980. The van der Waals surface area contributed by atoms with Crippen molar-refractivity contribution < 1.29 is 23.4 Å². The second kappa shape index (κ2) is 9.65. The van der Waals surface area contributed by atoms with Gasteiger partial charge < -0.3 is 19.8 Å². The smallest absolute Gasteiger partial charge is 0.303 e. The Balaban J connectivity index is 1.37. The summed E-state index contributed by atoms with van der Waals surface area (Å²) in [6.07, 6.45) is 3.57. The molecule has 0 radical (unpaired) electrons. The number of rotatable bonds is 8. The molecule has 2 aromatic heterocycles. The molecule has 0 aliphatic rings. The van der Waals surface area contributed by atoms with Gasteiger partial charge in [0.15, 0.2) is 0 Å². The highest BCUT2D eigenvalue weighted by Gasteiger charge is 2.15. The Morgan fingerprint density at radius 3 is 2.75 bits per heavy atom. The van der Waals surface area contributed by atoms with Crippen LogP contribution in [0.1, 0.15) is 28.8 Å². The molecule has 8 heteroatoms. The highest BCUT2D eigenvalue weighted by Crippen LogP contribution is 2.33. The molecule has 0 amide bonds. The average Bonchev–Trinajstić information content (AvgIpc) is 3.53. The molecule has 0 fully saturated rings. The number of imidazole rings is 1. The van der Waals surface area contributed by atoms with Gasteiger partial charge in [0.2, 0.25) is 0 Å². The molecule has 0 saturated carbocycles. The maximum absolute atomic E-state index is 14.9. The van der Waals surface area contributed by atoms with Crippen molar-refractivity contribution in [1.82, 2.24) is 15.0 Å². The van der Waals surface area contributed by atoms with Gasteiger partial charge in [-0.05, 0) is 60.9 Å². The maximum atomic E-state index is 14.9. The van der Waals surface area contributed by atoms with E-state index in [1.54, 1.807) is 30.3 Å². The number of benzene rings is 3. The van der Waals surface area contributed by atoms with Gasteiger partial charge >= 0.3 is 5.97 Å². The van der Waals surface area contributed by atoms with Crippen molar-refractivity contribution in [2.45, 2.75) is 26.2 Å². The quantitative estimate of drug-likeness (QED) is 0.232. The van der Waals surface area contributed by atoms with E-state index in [4.69, 9.17) is 9.84 Å². The first-order chi connectivity index (χ1) is 17.4. The first-order valence-electron chi connectivity index (χ1n) is 11.5. The van der Waals surface area contributed by atoms with Crippen LogP contribution in [-0.4, -0.2) is 26.0 Å². The molecule has 36 heavy (non-hydrogen) atoms. The van der Waals surface area contributed by atoms with E-state index >= 15 is 0 Å². The Kier molecular flexibility index (Phi) is 6.25. The monoisotopic (exact) mass is 487 g/mol. The third-order valence-corrected chi connectivity index (χ3v) is 6.15. The fourth-order valence-electron chi connectivity index (χ4n) is 4.25. The normalized spacial score (nSPS) is 11.2. The molecule has 0 spiro atoms. The highest BCUT2D eigenvalue weighted by atomic mass is 19.1. The summed E-state index contributed by atoms with van der Waals surface area (Å²) in [6.45, 7) is 1.96. The van der Waals surface area contributed by atoms with E-state index in [2.05, 4.69) is 15.0 Å². The van der Waals surface area contributed by atoms with E-state index in [0.717, 1.165) is 16.5 Å². The van der Waals surface area contributed by atoms with Gasteiger partial charge in [-0.1, -0.05) is 18.2 Å². The van der Waals surface area contributed by atoms with Crippen LogP contribution in [0.4, 0.5) is 8.78 Å². The van der Waals surface area contributed by atoms with Crippen LogP contribution in [0.5, 0.6) is 11.5 Å². The molecule has 5 aromatic rings. The van der Waals surface area contributed by atoms with Gasteiger partial charge in [0.05, 0.1) is 5.56 Å². The van der Waals surface area contributed by atoms with Crippen molar-refractivity contribution in [3.63, 3.8) is 0 Å². The number of aryl methyl sites for hydroxylation is 2. The molecule has 0 saturated heterocycles. The van der Waals surface area contributed by atoms with Crippen LogP contribution in [-0.2, 0) is 17.6 Å². The maximum Gasteiger partial charge on any atom is 0.303 e. The fraction of sp³-hybridized carbons (Fsp3) is 0.143. The Morgan fingerprint density at radius 1 is 1.08 bits per heavy atom. The van der Waals surface area contributed by atoms with Crippen LogP contribution in [0.3, 0.4) is 0 Å². The zero-order valence-corrected chi connectivity index (χ0v) is 19.4. The average molecular weight is 488 g/mol. The zero-order valence-electron chi connectivity index (χ0n) is 19.4. The summed E-state index contributed by atoms with van der Waals surface area (Å²) in [5.74, 6) is -0.466. The standard InChI is InChI=1S/C28H23F2N3O3/c1-16-21-11-12-31-24(21)8-9-25(16)36-20-6-7-23(29)22(14-20)28-32-15-19(33-28)13-18-4-2-3-17(27(18)30)5-10-26(34)35/h2-4,6-9,11-12,14-15,31H,5,10,13H2,1H3,(H,32,33)(H,34,35). The van der Waals surface area contributed by atoms with E-state index in [1.165, 1.54) is 12.3 Å². The number of nitrogens with one attached hydrogen (secondary N) is 2. The Labute approximate surface area is 205 Å². The van der Waals surface area contributed by atoms with Crippen LogP contribution in [0.2, 0.25) is 0 Å². The lowest BCUT2D eigenvalue weighted by atomic mass is 10.0. The predicted molar refractivity (Wildman–Crippen MR) is 132 cm³/mol. The lowest BCUT2D eigenvalue weighted by molar-refractivity contribution is -0.136. The number of hydrogen-bond donors (Lipinski definition) is 3. The first-order valence-corrected chi connectivity index (χ1v) is 11.5. The van der Waals surface area contributed by atoms with Gasteiger partial charge in [-0.25, -0.2) is 13.8 Å². The molecular formula is C28H23F2N3O3. The molecule has 2 heterocycles. The lowest BCUT2D eigenvalue weighted by Crippen LogP contribution is -2.02. The van der Waals surface area contributed by atoms with Gasteiger partial charge in [-0.3, -0.25) is 4.79 Å². The van der Waals surface area contributed by atoms with Crippen LogP contribution < -0.4 is 4.74 Å². The number of hydrogen-bond acceptors (Lipinski definition) is 3. The van der Waals surface area contributed by atoms with Crippen molar-refractivity contribution in [2.24, 2.45) is 0 Å². The SMILES string of the molecule is Cc1c(Oc2ccc(F)c(-c3ncc(Cc4cccc(CCC(=O)O)c4F)[nH]3)c2)ccc2[nH]ccc12. The molecule has 6 nitrogen and oxygen atoms in total. The largest absolute Gasteiger partial charge is 0.481 e. The molecule has 0 aliphatic heterocycles. The minimum absolute atomic E-state index is 0.109. The summed E-state index contributed by atoms with van der Waals surface area (Å²) >= 11 is 0. The molecule has 0 atom stereocenters. The van der Waals surface area contributed by atoms with Crippen LogP contribution >= 0.6 is 0 Å². The lowest BCUT2D eigenvalue weighted by Gasteiger charge is -2.11. The van der Waals surface area contributed by atoms with Gasteiger partial charge in [-0.2, -0.15) is 0 Å². The number of nitrogens with zero attached hydrogens (tertiary/aromatic N) is 1. The molecule has 5 rings (SSSR count). The number of fused-ring (bicyclic) bond motifs is 1. The molecule has 182 valence electrons. The Hall–Kier alpha value is -4.46. The van der Waals surface area contributed by atoms with Crippen molar-refractivity contribution in [2.75, 3.05) is 0 Å². The molecule has 0 unspecified atom stereocenters. The Morgan fingerprint density at radius 2 is 1.92 bits per heavy atom. The molecule has 3 N–H and O–H groups in total. The molecular weight excluding hydrogens is 464 g/mol. The topological polar surface area (TPSA) is 91.0 Å². The Bertz CT molecular complexity index is 1570. The van der Waals surface area contributed by atoms with Crippen molar-refractivity contribution >= 4 is 16.9 Å². The van der Waals surface area contributed by atoms with Crippen molar-refractivity contribution in [3.8, 4) is 22.9 Å². The number of H-pyrrole nitrogens is 2. The number of carbonyl (C=O) groups is 1. The summed E-state index contributed by atoms with van der Waals surface area (Å²) < 4.78 is 35.6. The van der Waals surface area contributed by atoms with E-state index in [0.29, 0.717) is 34.1 Å². The summed E-state index contributed by atoms with van der Waals surface area (Å²) in [5.41, 5.74) is 3.55. The summed E-state index contributed by atoms with van der Waals surface area (Å²) in [5, 5.41) is 9.92. The summed E-state index contributed by atoms with van der Waals surface area (Å²) in [4.78, 5) is 21.4. The van der Waals surface area contributed by atoms with Crippen molar-refractivity contribution in [3.05, 3.63) is 101 Å². The number of aliphatic carboxylic acids is 1. The van der Waals surface area contributed by atoms with Gasteiger partial charge in [-0.15, -0.1) is 0 Å². The number of ether oxygens (including phenoxy) is 1. The van der Waals surface area contributed by atoms with Crippen molar-refractivity contribution in [1.29, 1.82) is 0 Å². The van der Waals surface area contributed by atoms with Gasteiger partial charge in [0, 0.05) is 47.4 Å². The van der Waals surface area contributed by atoms with E-state index in [1.807, 2.05) is 31.3 Å². The van der Waals surface area contributed by atoms with E-state index < -0.39 is 17.6 Å². The minimum Gasteiger partial charge on any atom is -0.481 e. The van der Waals surface area contributed by atoms with E-state index in [9.17, 15) is 13.6 Å². The van der Waals surface area contributed by atoms with E-state index in [-0.39, 0.29) is 24.8 Å². The second-order valence-electron chi connectivity index (χ2n) is 8.59. The third kappa shape index (κ3) is 4.70. The number of carboxylic acids is 1. The number of halogens is 2. The number of aromatic nitrogens is 3. The zero-order chi connectivity index (χ0) is 25.2. The fourth-order valence-corrected chi connectivity index (χ4v) is 4.25. The summed E-state index contributed by atoms with van der Waals surface area (Å²) in [6, 6.07) is 15.1. The molecule has 3 aromatic carbocycles. The highest BCUT2D eigenvalue weighted by molar-refractivity contribution is 5.85. The van der Waals surface area contributed by atoms with Crippen LogP contribution in [0.15, 0.2) is 67.0 Å². The number of aromatic amines is 2. The van der Waals surface area contributed by atoms with Crippen LogP contribution in [0, 0.1) is 18.6 Å². The first kappa shape index (κ1) is 23.3. The second-order valence-corrected chi connectivity index (χ2v) is 8.59. The van der Waals surface area contributed by atoms with Gasteiger partial charge in [0.1, 0.15) is 29.0 Å². The summed E-state index contributed by atoms with van der Waals surface area (Å²) in [7, 11) is 0. The van der Waals surface area contributed by atoms with Gasteiger partial charge in [0.25, 0.3) is 0 Å².